The number of aromatic amines is 1. The molecule has 2 aromatic rings. The summed E-state index contributed by atoms with van der Waals surface area (Å²) in [6, 6.07) is 9.20. The maximum Gasteiger partial charge on any atom is 0.248 e. The number of carbonyl (C=O) groups excluding carboxylic acids is 1. The number of H-pyrrole nitrogens is 1. The lowest BCUT2D eigenvalue weighted by atomic mass is 9.92. The van der Waals surface area contributed by atoms with Crippen molar-refractivity contribution in [2.24, 2.45) is 0 Å². The van der Waals surface area contributed by atoms with Crippen LogP contribution in [0.2, 0.25) is 0 Å². The molecule has 0 saturated heterocycles. The van der Waals surface area contributed by atoms with Crippen molar-refractivity contribution in [3.8, 4) is 5.75 Å². The van der Waals surface area contributed by atoms with Gasteiger partial charge >= 0.3 is 0 Å². The molecule has 0 spiro atoms. The first-order valence-electron chi connectivity index (χ1n) is 11.2. The molecule has 1 aromatic heterocycles. The van der Waals surface area contributed by atoms with E-state index in [4.69, 9.17) is 4.74 Å². The van der Waals surface area contributed by atoms with Gasteiger partial charge in [0.15, 0.2) is 0 Å². The number of aliphatic hydroxyl groups excluding tert-OH is 1. The molecule has 1 aliphatic rings. The van der Waals surface area contributed by atoms with Crippen molar-refractivity contribution >= 4 is 16.7 Å². The first kappa shape index (κ1) is 22.5. The van der Waals surface area contributed by atoms with Crippen LogP contribution in [0.3, 0.4) is 0 Å². The summed E-state index contributed by atoms with van der Waals surface area (Å²) in [7, 11) is 0. The number of fused-ring (bicyclic) bond motifs is 1. The molecule has 30 heavy (non-hydrogen) atoms. The van der Waals surface area contributed by atoms with Crippen LogP contribution in [0.5, 0.6) is 5.75 Å². The molecule has 1 heterocycles. The highest BCUT2D eigenvalue weighted by Crippen LogP contribution is 2.25. The van der Waals surface area contributed by atoms with Gasteiger partial charge in [-0.2, -0.15) is 0 Å². The van der Waals surface area contributed by atoms with E-state index in [-0.39, 0.29) is 17.4 Å². The van der Waals surface area contributed by atoms with Gasteiger partial charge < -0.3 is 14.8 Å². The minimum Gasteiger partial charge on any atom is -0.494 e. The highest BCUT2D eigenvalue weighted by atomic mass is 16.5. The van der Waals surface area contributed by atoms with Gasteiger partial charge in [-0.3, -0.25) is 14.5 Å². The van der Waals surface area contributed by atoms with Crippen molar-refractivity contribution in [1.29, 1.82) is 0 Å². The molecule has 1 fully saturated rings. The van der Waals surface area contributed by atoms with Crippen LogP contribution in [0, 0.1) is 0 Å². The van der Waals surface area contributed by atoms with E-state index in [1.807, 2.05) is 25.1 Å². The Balaban J connectivity index is 1.48. The highest BCUT2D eigenvalue weighted by molar-refractivity contribution is 5.80. The third-order valence-corrected chi connectivity index (χ3v) is 6.19. The molecule has 0 amide bonds. The summed E-state index contributed by atoms with van der Waals surface area (Å²) in [5.74, 6) is 0.932. The number of nitrogens with zero attached hydrogens (tertiary/aromatic N) is 1. The molecular weight excluding hydrogens is 380 g/mol. The summed E-state index contributed by atoms with van der Waals surface area (Å²) < 4.78 is 5.80. The van der Waals surface area contributed by atoms with Crippen molar-refractivity contribution < 1.29 is 14.6 Å². The molecule has 0 bridgehead atoms. The fraction of sp³-hybridized carbons (Fsp3) is 0.583. The van der Waals surface area contributed by atoms with Crippen molar-refractivity contribution in [2.45, 2.75) is 77.0 Å². The van der Waals surface area contributed by atoms with Crippen molar-refractivity contribution in [1.82, 2.24) is 9.88 Å². The van der Waals surface area contributed by atoms with Gasteiger partial charge in [0.2, 0.25) is 5.56 Å². The van der Waals surface area contributed by atoms with E-state index in [0.29, 0.717) is 32.0 Å². The molecule has 0 radical (unpaired) electrons. The Hall–Kier alpha value is -2.18. The van der Waals surface area contributed by atoms with Gasteiger partial charge in [-0.05, 0) is 57.4 Å². The third kappa shape index (κ3) is 6.16. The number of hydrogen-bond acceptors (Lipinski definition) is 5. The van der Waals surface area contributed by atoms with Crippen LogP contribution in [0.1, 0.15) is 58.8 Å². The lowest BCUT2D eigenvalue weighted by Gasteiger charge is -2.39. The summed E-state index contributed by atoms with van der Waals surface area (Å²) in [6.45, 7) is 4.69. The van der Waals surface area contributed by atoms with Gasteiger partial charge in [0.1, 0.15) is 11.5 Å². The Morgan fingerprint density at radius 2 is 1.97 bits per heavy atom. The number of carbonyl (C=O) groups is 1. The number of Topliss-reactive ketones (excluding diaryl/α,β-unsaturated/α-hetero) is 1. The van der Waals surface area contributed by atoms with Gasteiger partial charge in [0, 0.05) is 35.5 Å². The summed E-state index contributed by atoms with van der Waals surface area (Å²) >= 11 is 0. The number of pyridine rings is 1. The molecule has 1 aromatic carbocycles. The highest BCUT2D eigenvalue weighted by Gasteiger charge is 2.29. The van der Waals surface area contributed by atoms with Gasteiger partial charge in [-0.15, -0.1) is 0 Å². The Morgan fingerprint density at radius 3 is 2.70 bits per heavy atom. The van der Waals surface area contributed by atoms with Gasteiger partial charge in [0.25, 0.3) is 0 Å². The van der Waals surface area contributed by atoms with Crippen LogP contribution in [0.25, 0.3) is 10.9 Å². The number of rotatable bonds is 10. The number of ketones is 1. The molecule has 164 valence electrons. The molecular formula is C24H34N2O4. The van der Waals surface area contributed by atoms with E-state index in [0.717, 1.165) is 29.5 Å². The smallest absolute Gasteiger partial charge is 0.248 e. The predicted molar refractivity (Wildman–Crippen MR) is 119 cm³/mol. The lowest BCUT2D eigenvalue weighted by molar-refractivity contribution is -0.122. The molecule has 0 aliphatic heterocycles. The van der Waals surface area contributed by atoms with Gasteiger partial charge in [-0.25, -0.2) is 0 Å². The van der Waals surface area contributed by atoms with E-state index >= 15 is 0 Å². The molecule has 2 atom stereocenters. The maximum absolute atomic E-state index is 12.6. The summed E-state index contributed by atoms with van der Waals surface area (Å²) in [5, 5.41) is 11.0. The first-order chi connectivity index (χ1) is 14.4. The second-order valence-corrected chi connectivity index (χ2v) is 8.51. The SMILES string of the molecule is CC(O)C(C)N(CC(=O)CCCOc1ccc2[nH]c(=O)ccc2c1)C1CCCCC1. The van der Waals surface area contributed by atoms with E-state index in [1.54, 1.807) is 13.0 Å². The van der Waals surface area contributed by atoms with Crippen LogP contribution in [-0.4, -0.2) is 52.1 Å². The number of ether oxygens (including phenoxy) is 1. The van der Waals surface area contributed by atoms with E-state index in [2.05, 4.69) is 9.88 Å². The molecule has 2 unspecified atom stereocenters. The lowest BCUT2D eigenvalue weighted by Crippen LogP contribution is -2.49. The number of benzene rings is 1. The fourth-order valence-electron chi connectivity index (χ4n) is 4.26. The molecule has 6 nitrogen and oxygen atoms in total. The summed E-state index contributed by atoms with van der Waals surface area (Å²) in [5.41, 5.74) is 0.655. The second-order valence-electron chi connectivity index (χ2n) is 8.51. The first-order valence-corrected chi connectivity index (χ1v) is 11.2. The zero-order chi connectivity index (χ0) is 21.5. The van der Waals surface area contributed by atoms with Crippen LogP contribution in [-0.2, 0) is 4.79 Å². The Labute approximate surface area is 178 Å². The van der Waals surface area contributed by atoms with Crippen LogP contribution in [0.15, 0.2) is 35.1 Å². The maximum atomic E-state index is 12.6. The normalized spacial score (nSPS) is 17.2. The number of hydrogen-bond donors (Lipinski definition) is 2. The van der Waals surface area contributed by atoms with Crippen molar-refractivity contribution in [3.05, 3.63) is 40.7 Å². The molecule has 1 aliphatic carbocycles. The quantitative estimate of drug-likeness (QED) is 0.580. The monoisotopic (exact) mass is 414 g/mol. The predicted octanol–water partition coefficient (Wildman–Crippen LogP) is 3.66. The Kier molecular flexibility index (Phi) is 8.05. The molecule has 3 rings (SSSR count). The Morgan fingerprint density at radius 1 is 1.20 bits per heavy atom. The minimum atomic E-state index is -0.453. The molecule has 6 heteroatoms. The number of aromatic nitrogens is 1. The summed E-state index contributed by atoms with van der Waals surface area (Å²) in [6.07, 6.45) is 6.57. The Bertz CT molecular complexity index is 886. The van der Waals surface area contributed by atoms with E-state index in [1.165, 1.54) is 25.3 Å². The topological polar surface area (TPSA) is 82.6 Å². The summed E-state index contributed by atoms with van der Waals surface area (Å²) in [4.78, 5) is 29.0. The van der Waals surface area contributed by atoms with E-state index < -0.39 is 6.10 Å². The fourth-order valence-corrected chi connectivity index (χ4v) is 4.26. The average Bonchev–Trinajstić information content (AvgIpc) is 2.75. The van der Waals surface area contributed by atoms with Crippen molar-refractivity contribution in [3.63, 3.8) is 0 Å². The minimum absolute atomic E-state index is 0.0164. The number of aliphatic hydroxyl groups is 1. The second kappa shape index (κ2) is 10.7. The zero-order valence-corrected chi connectivity index (χ0v) is 18.1. The standard InChI is InChI=1S/C24H34N2O4/c1-17(18(2)27)26(20-7-4-3-5-8-20)16-21(28)9-6-14-30-22-11-12-23-19(15-22)10-13-24(29)25-23/h10-13,15,17-18,20,27H,3-9,14,16H2,1-2H3,(H,25,29). The third-order valence-electron chi connectivity index (χ3n) is 6.19. The van der Waals surface area contributed by atoms with Gasteiger partial charge in [0.05, 0.1) is 19.3 Å². The molecule has 2 N–H and O–H groups in total. The van der Waals surface area contributed by atoms with Gasteiger partial charge in [-0.1, -0.05) is 19.3 Å². The van der Waals surface area contributed by atoms with Crippen molar-refractivity contribution in [2.75, 3.05) is 13.2 Å². The average molecular weight is 415 g/mol. The zero-order valence-electron chi connectivity index (χ0n) is 18.1. The largest absolute Gasteiger partial charge is 0.494 e. The van der Waals surface area contributed by atoms with Crippen LogP contribution >= 0.6 is 0 Å². The van der Waals surface area contributed by atoms with Crippen LogP contribution < -0.4 is 10.3 Å². The molecule has 1 saturated carbocycles. The number of nitrogens with one attached hydrogen (secondary N) is 1. The van der Waals surface area contributed by atoms with Crippen LogP contribution in [0.4, 0.5) is 0 Å². The van der Waals surface area contributed by atoms with E-state index in [9.17, 15) is 14.7 Å².